The highest BCUT2D eigenvalue weighted by Crippen LogP contribution is 2.13. The lowest BCUT2D eigenvalue weighted by atomic mass is 10.0. The topological polar surface area (TPSA) is 214 Å². The van der Waals surface area contributed by atoms with Crippen LogP contribution in [0.2, 0.25) is 0 Å². The monoisotopic (exact) mass is 464 g/mol. The van der Waals surface area contributed by atoms with E-state index in [1.807, 2.05) is 13.8 Å². The molecule has 182 valence electrons. The highest BCUT2D eigenvalue weighted by Gasteiger charge is 2.27. The van der Waals surface area contributed by atoms with E-state index in [0.29, 0.717) is 12.0 Å². The Hall–Kier alpha value is -3.80. The number of nitrogens with two attached hydrogens (primary N) is 2. The molecule has 0 radical (unpaired) electrons. The number of carboxylic acid groups (broad SMARTS) is 1. The fourth-order valence-corrected chi connectivity index (χ4v) is 2.78. The molecular formula is C21H30N5O7-. The van der Waals surface area contributed by atoms with E-state index in [1.165, 1.54) is 30.7 Å². The second-order valence-electron chi connectivity index (χ2n) is 7.83. The van der Waals surface area contributed by atoms with Crippen molar-refractivity contribution in [2.24, 2.45) is 17.4 Å². The quantitative estimate of drug-likeness (QED) is 0.168. The van der Waals surface area contributed by atoms with Crippen molar-refractivity contribution in [2.75, 3.05) is 6.54 Å². The number of carboxylic acids is 1. The fourth-order valence-electron chi connectivity index (χ4n) is 2.78. The van der Waals surface area contributed by atoms with E-state index in [0.717, 1.165) is 0 Å². The number of carbonyl (C=O) groups excluding carboxylic acids is 4. The number of primary amides is 1. The summed E-state index contributed by atoms with van der Waals surface area (Å²) in [6.45, 7) is 3.27. The first-order valence-electron chi connectivity index (χ1n) is 10.2. The van der Waals surface area contributed by atoms with Gasteiger partial charge in [-0.25, -0.2) is 0 Å². The molecule has 0 bridgehead atoms. The summed E-state index contributed by atoms with van der Waals surface area (Å²) in [5, 5.41) is 25.5. The van der Waals surface area contributed by atoms with Crippen molar-refractivity contribution in [1.29, 1.82) is 0 Å². The van der Waals surface area contributed by atoms with Crippen LogP contribution in [-0.2, 0) is 24.0 Å². The molecule has 0 heterocycles. The van der Waals surface area contributed by atoms with Gasteiger partial charge in [0.15, 0.2) is 0 Å². The van der Waals surface area contributed by atoms with Crippen LogP contribution < -0.4 is 27.4 Å². The molecule has 3 atom stereocenters. The molecule has 4 amide bonds. The van der Waals surface area contributed by atoms with E-state index in [4.69, 9.17) is 11.5 Å². The number of rotatable bonds is 13. The number of phenolic OH excluding ortho intramolecular Hbond substituents is 1. The number of aliphatic carboxylic acids is 1. The smallest absolute Gasteiger partial charge is 0.318 e. The maximum atomic E-state index is 12.6. The molecule has 1 aromatic carbocycles. The average Bonchev–Trinajstić information content (AvgIpc) is 2.71. The van der Waals surface area contributed by atoms with Crippen molar-refractivity contribution in [2.45, 2.75) is 44.8 Å². The lowest BCUT2D eigenvalue weighted by Gasteiger charge is -2.23. The van der Waals surface area contributed by atoms with Gasteiger partial charge in [-0.2, -0.15) is 24.1 Å². The molecule has 0 aromatic heterocycles. The van der Waals surface area contributed by atoms with Gasteiger partial charge in [0.1, 0.15) is 12.1 Å². The third-order valence-electron chi connectivity index (χ3n) is 4.36. The molecule has 9 N–H and O–H groups in total. The Labute approximate surface area is 191 Å². The van der Waals surface area contributed by atoms with Crippen molar-refractivity contribution >= 4 is 29.6 Å². The Morgan fingerprint density at radius 1 is 1.03 bits per heavy atom. The minimum Gasteiger partial charge on any atom is -0.510 e. The van der Waals surface area contributed by atoms with Gasteiger partial charge in [-0.1, -0.05) is 26.0 Å². The van der Waals surface area contributed by atoms with Gasteiger partial charge < -0.3 is 37.6 Å². The number of nitrogens with one attached hydrogen (secondary N) is 3. The van der Waals surface area contributed by atoms with Crippen LogP contribution in [0.15, 0.2) is 24.3 Å². The van der Waals surface area contributed by atoms with Gasteiger partial charge in [0.2, 0.25) is 23.6 Å². The van der Waals surface area contributed by atoms with Crippen LogP contribution in [0.4, 0.5) is 0 Å². The summed E-state index contributed by atoms with van der Waals surface area (Å²) in [5.74, 6) is -4.47. The molecule has 0 aliphatic carbocycles. The second-order valence-corrected chi connectivity index (χ2v) is 7.83. The number of aromatic hydroxyl groups is 1. The molecule has 0 aliphatic heterocycles. The minimum atomic E-state index is -1.50. The van der Waals surface area contributed by atoms with Crippen molar-refractivity contribution in [1.82, 2.24) is 16.0 Å². The van der Waals surface area contributed by atoms with E-state index in [9.17, 15) is 34.2 Å². The molecule has 0 saturated heterocycles. The molecule has 33 heavy (non-hydrogen) atoms. The zero-order valence-corrected chi connectivity index (χ0v) is 18.4. The summed E-state index contributed by atoms with van der Waals surface area (Å²) in [4.78, 5) is 59.6. The van der Waals surface area contributed by atoms with Crippen LogP contribution >= 0.6 is 0 Å². The molecule has 1 rings (SSSR count). The van der Waals surface area contributed by atoms with Gasteiger partial charge in [0.05, 0.1) is 24.8 Å². The minimum absolute atomic E-state index is 0.0236. The van der Waals surface area contributed by atoms with Crippen molar-refractivity contribution in [3.8, 4) is 5.75 Å². The number of phenols is 1. The first-order valence-corrected chi connectivity index (χ1v) is 10.2. The van der Waals surface area contributed by atoms with E-state index in [1.54, 1.807) is 0 Å². The van der Waals surface area contributed by atoms with Crippen LogP contribution in [0.25, 0.3) is 0 Å². The Kier molecular flexibility index (Phi) is 10.7. The normalized spacial score (nSPS) is 13.3. The van der Waals surface area contributed by atoms with Crippen LogP contribution in [0.3, 0.4) is 0 Å². The van der Waals surface area contributed by atoms with Gasteiger partial charge in [-0.15, -0.1) is 0 Å². The summed E-state index contributed by atoms with van der Waals surface area (Å²) in [6, 6.07) is 1.77. The zero-order chi connectivity index (χ0) is 25.1. The summed E-state index contributed by atoms with van der Waals surface area (Å²) in [7, 11) is 0. The van der Waals surface area contributed by atoms with Crippen molar-refractivity contribution in [3.05, 3.63) is 36.2 Å². The Bertz CT molecular complexity index is 857. The summed E-state index contributed by atoms with van der Waals surface area (Å²) in [6.07, 6.45) is 1.03. The number of carbonyl (C=O) groups is 5. The molecule has 1 aromatic rings. The fraction of sp³-hybridized carbons (Fsp3) is 0.429. The van der Waals surface area contributed by atoms with Gasteiger partial charge in [-0.3, -0.25) is 24.0 Å². The van der Waals surface area contributed by atoms with Crippen LogP contribution in [-0.4, -0.2) is 64.5 Å². The van der Waals surface area contributed by atoms with Crippen molar-refractivity contribution < 1.29 is 34.2 Å². The van der Waals surface area contributed by atoms with E-state index < -0.39 is 60.7 Å². The molecule has 0 unspecified atom stereocenters. The number of benzene rings is 1. The van der Waals surface area contributed by atoms with E-state index >= 15 is 0 Å². The zero-order valence-electron chi connectivity index (χ0n) is 18.4. The molecule has 0 spiro atoms. The third kappa shape index (κ3) is 10.4. The Balaban J connectivity index is 2.76. The maximum Gasteiger partial charge on any atom is 0.318 e. The molecule has 0 fully saturated rings. The predicted octanol–water partition coefficient (Wildman–Crippen LogP) is -1.64. The van der Waals surface area contributed by atoms with E-state index in [-0.39, 0.29) is 11.7 Å². The van der Waals surface area contributed by atoms with Gasteiger partial charge >= 0.3 is 5.97 Å². The van der Waals surface area contributed by atoms with Gasteiger partial charge in [0.25, 0.3) is 0 Å². The molecule has 12 nitrogen and oxygen atoms in total. The number of hydrogen-bond acceptors (Lipinski definition) is 7. The highest BCUT2D eigenvalue weighted by molar-refractivity contribution is 5.95. The average molecular weight is 464 g/mol. The second kappa shape index (κ2) is 12.9. The van der Waals surface area contributed by atoms with Crippen LogP contribution in [0, 0.1) is 12.3 Å². The van der Waals surface area contributed by atoms with Gasteiger partial charge in [0, 0.05) is 0 Å². The Morgan fingerprint density at radius 2 is 1.64 bits per heavy atom. The lowest BCUT2D eigenvalue weighted by molar-refractivity contribution is -0.141. The first-order chi connectivity index (χ1) is 15.4. The Morgan fingerprint density at radius 3 is 2.15 bits per heavy atom. The molecule has 0 saturated carbocycles. The summed E-state index contributed by atoms with van der Waals surface area (Å²) < 4.78 is 0. The molecule has 0 aliphatic rings. The largest absolute Gasteiger partial charge is 0.510 e. The SMILES string of the molecule is CC(C)C[C@H](N)C(=O)NCC(=O)N[C@@H](CC(N)=O)C(=O)N[C@@H]([CH-]c1ccc(O)cc1)C(=O)O. The van der Waals surface area contributed by atoms with Crippen LogP contribution in [0.1, 0.15) is 32.3 Å². The molecule has 12 heteroatoms. The van der Waals surface area contributed by atoms with Gasteiger partial charge in [-0.05, 0) is 12.3 Å². The van der Waals surface area contributed by atoms with E-state index in [2.05, 4.69) is 16.0 Å². The summed E-state index contributed by atoms with van der Waals surface area (Å²) >= 11 is 0. The van der Waals surface area contributed by atoms with Crippen LogP contribution in [0.5, 0.6) is 5.75 Å². The maximum absolute atomic E-state index is 12.6. The number of hydrogen-bond donors (Lipinski definition) is 7. The summed E-state index contributed by atoms with van der Waals surface area (Å²) in [5.41, 5.74) is 11.3. The third-order valence-corrected chi connectivity index (χ3v) is 4.36. The number of amides is 4. The van der Waals surface area contributed by atoms with Crippen molar-refractivity contribution in [3.63, 3.8) is 0 Å². The standard InChI is InChI=1S/C21H30N5O7/c1-11(2)7-14(22)19(30)24-10-18(29)25-15(9-17(23)28)20(31)26-16(21(32)33)8-12-3-5-13(27)6-4-12/h3-6,8,11,14-16,27H,7,9-10,22H2,1-2H3,(H2,23,28)(H,24,30)(H,25,29)(H,26,31)(H,32,33)/q-1/t14-,15-,16-/m0/s1. The first kappa shape index (κ1) is 27.2. The lowest BCUT2D eigenvalue weighted by Crippen LogP contribution is -2.54. The predicted molar refractivity (Wildman–Crippen MR) is 117 cm³/mol. The molecular weight excluding hydrogens is 434 g/mol. The highest BCUT2D eigenvalue weighted by atomic mass is 16.4.